The number of anilines is 1. The Morgan fingerprint density at radius 3 is 2.62 bits per heavy atom. The lowest BCUT2D eigenvalue weighted by Gasteiger charge is -2.19. The molecule has 3 aromatic rings. The lowest BCUT2D eigenvalue weighted by molar-refractivity contribution is 0.0210. The fraction of sp³-hybridized carbons (Fsp3) is 0.333. The van der Waals surface area contributed by atoms with Gasteiger partial charge in [0.05, 0.1) is 17.8 Å². The minimum absolute atomic E-state index is 0.0623. The molecule has 0 amide bonds. The van der Waals surface area contributed by atoms with Crippen LogP contribution in [0.15, 0.2) is 48.7 Å². The molecule has 24 heavy (non-hydrogen) atoms. The van der Waals surface area contributed by atoms with Crippen LogP contribution in [-0.4, -0.2) is 43.1 Å². The molecular weight excluding hydrogens is 304 g/mol. The predicted octanol–water partition coefficient (Wildman–Crippen LogP) is 1.94. The van der Waals surface area contributed by atoms with E-state index in [0.717, 1.165) is 22.7 Å². The maximum absolute atomic E-state index is 10.2. The van der Waals surface area contributed by atoms with Gasteiger partial charge in [-0.05, 0) is 18.4 Å². The van der Waals surface area contributed by atoms with Gasteiger partial charge >= 0.3 is 0 Å². The zero-order chi connectivity index (χ0) is 16.7. The highest BCUT2D eigenvalue weighted by atomic mass is 16.3. The van der Waals surface area contributed by atoms with E-state index in [1.54, 1.807) is 10.7 Å². The van der Waals surface area contributed by atoms with Crippen molar-refractivity contribution < 1.29 is 10.2 Å². The standard InChI is InChI=1S/C18H20N4O2/c1-11-9-14(18(24)17(11)23)20-15-7-8-19-16-10-13(21-22(15)16)12-5-3-2-4-6-12/h2-8,10-11,14,17-18,20,23-24H,9H2,1H3/t11-,14-,17-,18+/m1/s1. The molecule has 0 bridgehead atoms. The number of hydrogen-bond acceptors (Lipinski definition) is 5. The van der Waals surface area contributed by atoms with E-state index in [1.165, 1.54) is 0 Å². The molecule has 0 spiro atoms. The maximum atomic E-state index is 10.2. The van der Waals surface area contributed by atoms with Crippen LogP contribution in [0, 0.1) is 5.92 Å². The fourth-order valence-electron chi connectivity index (χ4n) is 3.34. The molecule has 1 aliphatic carbocycles. The first-order valence-corrected chi connectivity index (χ1v) is 8.16. The molecule has 0 unspecified atom stereocenters. The second-order valence-corrected chi connectivity index (χ2v) is 6.44. The third-order valence-electron chi connectivity index (χ3n) is 4.73. The molecule has 1 saturated carbocycles. The second kappa shape index (κ2) is 5.89. The van der Waals surface area contributed by atoms with Crippen LogP contribution >= 0.6 is 0 Å². The third kappa shape index (κ3) is 2.53. The number of fused-ring (bicyclic) bond motifs is 1. The summed E-state index contributed by atoms with van der Waals surface area (Å²) in [5.74, 6) is 0.819. The zero-order valence-electron chi connectivity index (χ0n) is 13.4. The van der Waals surface area contributed by atoms with E-state index in [1.807, 2.05) is 49.4 Å². The monoisotopic (exact) mass is 324 g/mol. The molecule has 2 heterocycles. The van der Waals surface area contributed by atoms with Crippen LogP contribution in [-0.2, 0) is 0 Å². The maximum Gasteiger partial charge on any atom is 0.157 e. The van der Waals surface area contributed by atoms with Gasteiger partial charge in [-0.1, -0.05) is 37.3 Å². The van der Waals surface area contributed by atoms with Crippen molar-refractivity contribution >= 4 is 11.5 Å². The van der Waals surface area contributed by atoms with Gasteiger partial charge in [0.2, 0.25) is 0 Å². The molecule has 6 nitrogen and oxygen atoms in total. The smallest absolute Gasteiger partial charge is 0.157 e. The summed E-state index contributed by atoms with van der Waals surface area (Å²) in [5, 5.41) is 28.1. The molecule has 0 radical (unpaired) electrons. The Bertz CT molecular complexity index is 849. The van der Waals surface area contributed by atoms with Crippen LogP contribution in [0.5, 0.6) is 0 Å². The number of nitrogens with zero attached hydrogens (tertiary/aromatic N) is 3. The van der Waals surface area contributed by atoms with Crippen LogP contribution in [0.4, 0.5) is 5.82 Å². The van der Waals surface area contributed by atoms with E-state index < -0.39 is 12.2 Å². The van der Waals surface area contributed by atoms with Crippen LogP contribution in [0.3, 0.4) is 0 Å². The van der Waals surface area contributed by atoms with E-state index in [2.05, 4.69) is 15.4 Å². The van der Waals surface area contributed by atoms with Gasteiger partial charge in [0.25, 0.3) is 0 Å². The van der Waals surface area contributed by atoms with Gasteiger partial charge in [-0.25, -0.2) is 4.98 Å². The van der Waals surface area contributed by atoms with Crippen LogP contribution < -0.4 is 5.32 Å². The second-order valence-electron chi connectivity index (χ2n) is 6.44. The van der Waals surface area contributed by atoms with Crippen molar-refractivity contribution in [2.45, 2.75) is 31.6 Å². The third-order valence-corrected chi connectivity index (χ3v) is 4.73. The van der Waals surface area contributed by atoms with Crippen molar-refractivity contribution in [1.82, 2.24) is 14.6 Å². The highest BCUT2D eigenvalue weighted by Gasteiger charge is 2.39. The summed E-state index contributed by atoms with van der Waals surface area (Å²) in [6.45, 7) is 1.94. The summed E-state index contributed by atoms with van der Waals surface area (Å²) in [6.07, 6.45) is 0.943. The first kappa shape index (κ1) is 15.1. The lowest BCUT2D eigenvalue weighted by atomic mass is 10.1. The molecule has 1 aromatic carbocycles. The largest absolute Gasteiger partial charge is 0.390 e. The number of hydrogen-bond donors (Lipinski definition) is 3. The van der Waals surface area contributed by atoms with Gasteiger partial charge in [0.15, 0.2) is 5.65 Å². The molecule has 4 rings (SSSR count). The molecule has 124 valence electrons. The van der Waals surface area contributed by atoms with E-state index in [9.17, 15) is 10.2 Å². The molecule has 4 atom stereocenters. The topological polar surface area (TPSA) is 82.7 Å². The minimum atomic E-state index is -0.785. The summed E-state index contributed by atoms with van der Waals surface area (Å²) >= 11 is 0. The summed E-state index contributed by atoms with van der Waals surface area (Å²) in [7, 11) is 0. The molecule has 0 saturated heterocycles. The van der Waals surface area contributed by atoms with Gasteiger partial charge in [-0.15, -0.1) is 0 Å². The van der Waals surface area contributed by atoms with Gasteiger partial charge in [-0.2, -0.15) is 9.61 Å². The van der Waals surface area contributed by atoms with Crippen molar-refractivity contribution in [2.24, 2.45) is 5.92 Å². The quantitative estimate of drug-likeness (QED) is 0.686. The zero-order valence-corrected chi connectivity index (χ0v) is 13.4. The lowest BCUT2D eigenvalue weighted by Crippen LogP contribution is -2.35. The average Bonchev–Trinajstić information content (AvgIpc) is 3.14. The predicted molar refractivity (Wildman–Crippen MR) is 91.6 cm³/mol. The van der Waals surface area contributed by atoms with Crippen LogP contribution in [0.2, 0.25) is 0 Å². The molecule has 1 fully saturated rings. The minimum Gasteiger partial charge on any atom is -0.390 e. The summed E-state index contributed by atoms with van der Waals surface area (Å²) < 4.78 is 1.74. The van der Waals surface area contributed by atoms with Crippen molar-refractivity contribution in [3.05, 3.63) is 48.7 Å². The molecular formula is C18H20N4O2. The first-order chi connectivity index (χ1) is 11.6. The molecule has 2 aromatic heterocycles. The van der Waals surface area contributed by atoms with Gasteiger partial charge < -0.3 is 15.5 Å². The van der Waals surface area contributed by atoms with E-state index in [0.29, 0.717) is 6.42 Å². The SMILES string of the molecule is C[C@@H]1C[C@@H](Nc2ccnc3cc(-c4ccccc4)nn23)[C@H](O)[C@@H]1O. The number of nitrogens with one attached hydrogen (secondary N) is 1. The van der Waals surface area contributed by atoms with E-state index in [4.69, 9.17) is 0 Å². The Labute approximate surface area is 139 Å². The number of benzene rings is 1. The van der Waals surface area contributed by atoms with Crippen molar-refractivity contribution in [1.29, 1.82) is 0 Å². The Kier molecular flexibility index (Phi) is 3.70. The summed E-state index contributed by atoms with van der Waals surface area (Å²) in [5.41, 5.74) is 2.61. The van der Waals surface area contributed by atoms with Crippen molar-refractivity contribution in [3.8, 4) is 11.3 Å². The van der Waals surface area contributed by atoms with Gasteiger partial charge in [0.1, 0.15) is 11.9 Å². The Balaban J connectivity index is 1.68. The molecule has 6 heteroatoms. The van der Waals surface area contributed by atoms with Crippen molar-refractivity contribution in [2.75, 3.05) is 5.32 Å². The normalized spacial score (nSPS) is 26.8. The highest BCUT2D eigenvalue weighted by molar-refractivity contribution is 5.65. The Morgan fingerprint density at radius 1 is 1.12 bits per heavy atom. The number of aromatic nitrogens is 3. The Hall–Kier alpha value is -2.44. The number of aliphatic hydroxyl groups excluding tert-OH is 2. The summed E-state index contributed by atoms with van der Waals surface area (Å²) in [4.78, 5) is 4.36. The fourth-order valence-corrected chi connectivity index (χ4v) is 3.34. The van der Waals surface area contributed by atoms with Gasteiger partial charge in [0, 0.05) is 17.8 Å². The van der Waals surface area contributed by atoms with Crippen LogP contribution in [0.1, 0.15) is 13.3 Å². The van der Waals surface area contributed by atoms with Gasteiger partial charge in [-0.3, -0.25) is 0 Å². The van der Waals surface area contributed by atoms with Crippen molar-refractivity contribution in [3.63, 3.8) is 0 Å². The highest BCUT2D eigenvalue weighted by Crippen LogP contribution is 2.29. The van der Waals surface area contributed by atoms with E-state index >= 15 is 0 Å². The Morgan fingerprint density at radius 2 is 1.92 bits per heavy atom. The molecule has 0 aliphatic heterocycles. The number of rotatable bonds is 3. The average molecular weight is 324 g/mol. The summed E-state index contributed by atoms with van der Waals surface area (Å²) in [6, 6.07) is 13.5. The number of aliphatic hydroxyl groups is 2. The molecule has 1 aliphatic rings. The van der Waals surface area contributed by atoms with E-state index in [-0.39, 0.29) is 12.0 Å². The first-order valence-electron chi connectivity index (χ1n) is 8.16. The van der Waals surface area contributed by atoms with Crippen LogP contribution in [0.25, 0.3) is 16.9 Å². The molecule has 3 N–H and O–H groups in total.